The molecule has 0 unspecified atom stereocenters. The van der Waals surface area contributed by atoms with Gasteiger partial charge in [0, 0.05) is 17.1 Å². The summed E-state index contributed by atoms with van der Waals surface area (Å²) in [6, 6.07) is 9.48. The van der Waals surface area contributed by atoms with E-state index in [1.807, 2.05) is 30.3 Å². The van der Waals surface area contributed by atoms with E-state index in [2.05, 4.69) is 20.2 Å². The number of nitrogens with one attached hydrogen (secondary N) is 2. The third kappa shape index (κ3) is 1.83. The van der Waals surface area contributed by atoms with Crippen molar-refractivity contribution in [2.45, 2.75) is 0 Å². The summed E-state index contributed by atoms with van der Waals surface area (Å²) in [6.07, 6.45) is 2.91. The first-order valence-corrected chi connectivity index (χ1v) is 5.57. The van der Waals surface area contributed by atoms with Gasteiger partial charge in [0.1, 0.15) is 11.6 Å². The summed E-state index contributed by atoms with van der Waals surface area (Å²) in [5.74, 6) is 0.412. The monoisotopic (exact) mass is 251 g/mol. The Morgan fingerprint density at radius 2 is 2.21 bits per heavy atom. The molecule has 6 heteroatoms. The second-order valence-corrected chi connectivity index (χ2v) is 3.94. The number of aromatic hydroxyl groups is 1. The lowest BCUT2D eigenvalue weighted by Gasteiger charge is -1.91. The Morgan fingerprint density at radius 1 is 1.37 bits per heavy atom. The van der Waals surface area contributed by atoms with Crippen molar-refractivity contribution in [1.29, 1.82) is 5.26 Å². The summed E-state index contributed by atoms with van der Waals surface area (Å²) in [7, 11) is 0. The molecule has 0 bridgehead atoms. The summed E-state index contributed by atoms with van der Waals surface area (Å²) in [5.41, 5.74) is 1.76. The van der Waals surface area contributed by atoms with Gasteiger partial charge in [-0.2, -0.15) is 10.4 Å². The molecule has 0 radical (unpaired) electrons. The van der Waals surface area contributed by atoms with Gasteiger partial charge in [0.2, 0.25) is 0 Å². The Kier molecular flexibility index (Phi) is 2.50. The zero-order valence-corrected chi connectivity index (χ0v) is 9.75. The van der Waals surface area contributed by atoms with Crippen LogP contribution in [-0.4, -0.2) is 26.5 Å². The van der Waals surface area contributed by atoms with Gasteiger partial charge in [-0.05, 0) is 6.07 Å². The van der Waals surface area contributed by atoms with Gasteiger partial charge in [-0.15, -0.1) is 0 Å². The second-order valence-electron chi connectivity index (χ2n) is 3.94. The van der Waals surface area contributed by atoms with Gasteiger partial charge < -0.3 is 10.1 Å². The number of aromatic amines is 2. The van der Waals surface area contributed by atoms with Crippen molar-refractivity contribution in [2.75, 3.05) is 0 Å². The van der Waals surface area contributed by atoms with E-state index in [0.29, 0.717) is 16.9 Å². The van der Waals surface area contributed by atoms with Crippen LogP contribution in [0.1, 0.15) is 11.1 Å². The molecule has 3 N–H and O–H groups in total. The molecule has 2 heterocycles. The topological polar surface area (TPSA) is 101 Å². The highest BCUT2D eigenvalue weighted by Crippen LogP contribution is 2.26. The van der Waals surface area contributed by atoms with Crippen molar-refractivity contribution in [3.8, 4) is 11.9 Å². The van der Waals surface area contributed by atoms with Crippen molar-refractivity contribution in [3.63, 3.8) is 0 Å². The number of hydrogen-bond acceptors (Lipinski definition) is 4. The lowest BCUT2D eigenvalue weighted by atomic mass is 10.2. The summed E-state index contributed by atoms with van der Waals surface area (Å²) in [5, 5.41) is 25.9. The van der Waals surface area contributed by atoms with Crippen LogP contribution in [-0.2, 0) is 0 Å². The highest BCUT2D eigenvalue weighted by atomic mass is 16.3. The maximum atomic E-state index is 9.85. The molecular weight excluding hydrogens is 242 g/mol. The van der Waals surface area contributed by atoms with Crippen LogP contribution in [0.5, 0.6) is 5.88 Å². The van der Waals surface area contributed by atoms with Crippen molar-refractivity contribution in [1.82, 2.24) is 15.2 Å². The van der Waals surface area contributed by atoms with Crippen molar-refractivity contribution < 1.29 is 5.11 Å². The molecule has 92 valence electrons. The van der Waals surface area contributed by atoms with Gasteiger partial charge in [-0.3, -0.25) is 5.10 Å². The molecule has 0 spiro atoms. The quantitative estimate of drug-likeness (QED) is 0.608. The fourth-order valence-corrected chi connectivity index (χ4v) is 1.87. The second kappa shape index (κ2) is 4.31. The van der Waals surface area contributed by atoms with Crippen molar-refractivity contribution in [2.24, 2.45) is 4.99 Å². The fraction of sp³-hybridized carbons (Fsp3) is 0. The van der Waals surface area contributed by atoms with Crippen LogP contribution in [0.4, 0.5) is 5.82 Å². The molecular formula is C13H9N5O. The predicted octanol–water partition coefficient (Wildman–Crippen LogP) is 2.22. The van der Waals surface area contributed by atoms with E-state index < -0.39 is 0 Å². The van der Waals surface area contributed by atoms with Gasteiger partial charge in [-0.25, -0.2) is 4.99 Å². The SMILES string of the molecule is N#Cc1cn[nH]c1/N=C/c1c(O)[nH]c2ccccc12. The summed E-state index contributed by atoms with van der Waals surface area (Å²) < 4.78 is 0. The molecule has 0 atom stereocenters. The Bertz CT molecular complexity index is 806. The summed E-state index contributed by atoms with van der Waals surface area (Å²) in [6.45, 7) is 0. The molecule has 2 aromatic heterocycles. The van der Waals surface area contributed by atoms with E-state index >= 15 is 0 Å². The van der Waals surface area contributed by atoms with E-state index in [4.69, 9.17) is 5.26 Å². The van der Waals surface area contributed by atoms with Crippen LogP contribution in [0.15, 0.2) is 35.5 Å². The highest BCUT2D eigenvalue weighted by Gasteiger charge is 2.08. The number of aromatic nitrogens is 3. The number of benzene rings is 1. The third-order valence-electron chi connectivity index (χ3n) is 2.79. The zero-order valence-electron chi connectivity index (χ0n) is 9.75. The first-order chi connectivity index (χ1) is 9.29. The molecule has 0 aliphatic carbocycles. The minimum Gasteiger partial charge on any atom is -0.494 e. The average molecular weight is 251 g/mol. The maximum absolute atomic E-state index is 9.85. The Balaban J connectivity index is 2.07. The normalized spacial score (nSPS) is 11.1. The average Bonchev–Trinajstić information content (AvgIpc) is 2.99. The lowest BCUT2D eigenvalue weighted by Crippen LogP contribution is -1.80. The molecule has 0 aliphatic heterocycles. The fourth-order valence-electron chi connectivity index (χ4n) is 1.87. The van der Waals surface area contributed by atoms with E-state index in [0.717, 1.165) is 10.9 Å². The summed E-state index contributed by atoms with van der Waals surface area (Å²) >= 11 is 0. The smallest absolute Gasteiger partial charge is 0.198 e. The van der Waals surface area contributed by atoms with Crippen molar-refractivity contribution in [3.05, 3.63) is 41.6 Å². The molecule has 0 aliphatic rings. The minimum absolute atomic E-state index is 0.0444. The number of nitrogens with zero attached hydrogens (tertiary/aromatic N) is 3. The molecule has 3 rings (SSSR count). The van der Waals surface area contributed by atoms with Gasteiger partial charge in [0.05, 0.1) is 11.8 Å². The predicted molar refractivity (Wildman–Crippen MR) is 70.5 cm³/mol. The van der Waals surface area contributed by atoms with Crippen LogP contribution in [0.2, 0.25) is 0 Å². The number of fused-ring (bicyclic) bond motifs is 1. The molecule has 1 aromatic carbocycles. The Labute approximate surface area is 108 Å². The van der Waals surface area contributed by atoms with Crippen LogP contribution in [0.3, 0.4) is 0 Å². The van der Waals surface area contributed by atoms with Gasteiger partial charge in [-0.1, -0.05) is 18.2 Å². The van der Waals surface area contributed by atoms with Gasteiger partial charge in [0.25, 0.3) is 0 Å². The van der Waals surface area contributed by atoms with E-state index in [9.17, 15) is 5.11 Å². The first kappa shape index (κ1) is 11.0. The van der Waals surface area contributed by atoms with Gasteiger partial charge in [0.15, 0.2) is 11.7 Å². The van der Waals surface area contributed by atoms with Crippen LogP contribution in [0.25, 0.3) is 10.9 Å². The molecule has 19 heavy (non-hydrogen) atoms. The molecule has 3 aromatic rings. The number of nitriles is 1. The number of aliphatic imine (C=N–C) groups is 1. The van der Waals surface area contributed by atoms with Crippen LogP contribution >= 0.6 is 0 Å². The third-order valence-corrected chi connectivity index (χ3v) is 2.79. The van der Waals surface area contributed by atoms with E-state index in [1.165, 1.54) is 12.4 Å². The number of para-hydroxylation sites is 1. The van der Waals surface area contributed by atoms with Crippen LogP contribution < -0.4 is 0 Å². The summed E-state index contributed by atoms with van der Waals surface area (Å²) in [4.78, 5) is 7.00. The molecule has 0 amide bonds. The highest BCUT2D eigenvalue weighted by molar-refractivity contribution is 6.02. The molecule has 6 nitrogen and oxygen atoms in total. The molecule has 0 saturated heterocycles. The first-order valence-electron chi connectivity index (χ1n) is 5.57. The number of H-pyrrole nitrogens is 2. The zero-order chi connectivity index (χ0) is 13.2. The van der Waals surface area contributed by atoms with E-state index in [-0.39, 0.29) is 5.88 Å². The van der Waals surface area contributed by atoms with Crippen molar-refractivity contribution >= 4 is 22.9 Å². The Hall–Kier alpha value is -3.07. The van der Waals surface area contributed by atoms with E-state index in [1.54, 1.807) is 0 Å². The lowest BCUT2D eigenvalue weighted by molar-refractivity contribution is 0.457. The minimum atomic E-state index is 0.0444. The largest absolute Gasteiger partial charge is 0.494 e. The molecule has 0 saturated carbocycles. The van der Waals surface area contributed by atoms with Gasteiger partial charge >= 0.3 is 0 Å². The standard InChI is InChI=1S/C13H9N5O/c14-5-8-6-16-18-12(8)15-7-10-9-3-1-2-4-11(9)17-13(10)19/h1-4,6-7,17,19H,(H,16,18)/b15-7+. The Morgan fingerprint density at radius 3 is 3.05 bits per heavy atom. The number of rotatable bonds is 2. The van der Waals surface area contributed by atoms with Crippen LogP contribution in [0, 0.1) is 11.3 Å². The maximum Gasteiger partial charge on any atom is 0.198 e. The number of hydrogen-bond donors (Lipinski definition) is 3. The molecule has 0 fully saturated rings.